The number of aryl methyl sites for hydroxylation is 1. The van der Waals surface area contributed by atoms with Crippen LogP contribution in [0.1, 0.15) is 30.7 Å². The average Bonchev–Trinajstić information content (AvgIpc) is 2.39. The van der Waals surface area contributed by atoms with E-state index in [2.05, 4.69) is 15.5 Å². The summed E-state index contributed by atoms with van der Waals surface area (Å²) < 4.78 is 0. The van der Waals surface area contributed by atoms with Crippen LogP contribution in [0.25, 0.3) is 0 Å². The van der Waals surface area contributed by atoms with Crippen LogP contribution in [0.4, 0.5) is 5.82 Å². The fraction of sp³-hybridized carbons (Fsp3) is 0.538. The van der Waals surface area contributed by atoms with E-state index in [9.17, 15) is 4.79 Å². The van der Waals surface area contributed by atoms with Crippen LogP contribution >= 0.6 is 12.2 Å². The van der Waals surface area contributed by atoms with E-state index in [0.717, 1.165) is 11.3 Å². The highest BCUT2D eigenvalue weighted by Crippen LogP contribution is 2.21. The SMILES string of the molecule is CCNC(=O)CN(CC)c1nnc(C)c(C)c1C(N)=S. The third-order valence-electron chi connectivity index (χ3n) is 3.07. The van der Waals surface area contributed by atoms with Crippen molar-refractivity contribution in [2.24, 2.45) is 5.73 Å². The highest BCUT2D eigenvalue weighted by molar-refractivity contribution is 7.80. The molecule has 0 aromatic carbocycles. The maximum atomic E-state index is 11.8. The van der Waals surface area contributed by atoms with E-state index in [1.807, 2.05) is 32.6 Å². The van der Waals surface area contributed by atoms with Gasteiger partial charge in [0, 0.05) is 13.1 Å². The molecule has 0 spiro atoms. The molecule has 0 aliphatic carbocycles. The molecule has 7 heteroatoms. The summed E-state index contributed by atoms with van der Waals surface area (Å²) in [6, 6.07) is 0. The Kier molecular flexibility index (Phi) is 5.82. The zero-order valence-corrected chi connectivity index (χ0v) is 13.2. The van der Waals surface area contributed by atoms with Crippen LogP contribution in [0.3, 0.4) is 0 Å². The van der Waals surface area contributed by atoms with Gasteiger partial charge < -0.3 is 16.0 Å². The summed E-state index contributed by atoms with van der Waals surface area (Å²) in [4.78, 5) is 13.8. The molecular weight excluding hydrogens is 274 g/mol. The Balaban J connectivity index is 3.18. The number of carbonyl (C=O) groups is 1. The van der Waals surface area contributed by atoms with Gasteiger partial charge in [0.05, 0.1) is 17.8 Å². The van der Waals surface area contributed by atoms with Gasteiger partial charge in [0.25, 0.3) is 0 Å². The number of carbonyl (C=O) groups excluding carboxylic acids is 1. The van der Waals surface area contributed by atoms with E-state index in [4.69, 9.17) is 18.0 Å². The molecule has 0 radical (unpaired) electrons. The van der Waals surface area contributed by atoms with Crippen LogP contribution in [-0.4, -0.2) is 40.7 Å². The lowest BCUT2D eigenvalue weighted by Crippen LogP contribution is -2.38. The lowest BCUT2D eigenvalue weighted by atomic mass is 10.1. The second-order valence-electron chi connectivity index (χ2n) is 4.44. The monoisotopic (exact) mass is 295 g/mol. The van der Waals surface area contributed by atoms with Gasteiger partial charge in [0.15, 0.2) is 5.82 Å². The Bertz CT molecular complexity index is 518. The number of hydrogen-bond acceptors (Lipinski definition) is 5. The second-order valence-corrected chi connectivity index (χ2v) is 4.88. The number of rotatable bonds is 6. The smallest absolute Gasteiger partial charge is 0.239 e. The summed E-state index contributed by atoms with van der Waals surface area (Å²) in [7, 11) is 0. The summed E-state index contributed by atoms with van der Waals surface area (Å²) in [5, 5.41) is 11.0. The van der Waals surface area contributed by atoms with Crippen molar-refractivity contribution in [2.45, 2.75) is 27.7 Å². The Hall–Kier alpha value is -1.76. The predicted octanol–water partition coefficient (Wildman–Crippen LogP) is 0.690. The molecule has 0 aliphatic rings. The van der Waals surface area contributed by atoms with Crippen LogP contribution in [0.2, 0.25) is 0 Å². The van der Waals surface area contributed by atoms with Crippen molar-refractivity contribution in [3.63, 3.8) is 0 Å². The number of amides is 1. The molecule has 0 aliphatic heterocycles. The number of likely N-dealkylation sites (N-methyl/N-ethyl adjacent to an activating group) is 2. The summed E-state index contributed by atoms with van der Waals surface area (Å²) in [5.41, 5.74) is 8.18. The summed E-state index contributed by atoms with van der Waals surface area (Å²) in [6.07, 6.45) is 0. The number of anilines is 1. The third kappa shape index (κ3) is 3.63. The van der Waals surface area contributed by atoms with Crippen molar-refractivity contribution in [2.75, 3.05) is 24.5 Å². The third-order valence-corrected chi connectivity index (χ3v) is 3.28. The van der Waals surface area contributed by atoms with Gasteiger partial charge in [-0.05, 0) is 33.3 Å². The van der Waals surface area contributed by atoms with Crippen molar-refractivity contribution in [1.29, 1.82) is 0 Å². The number of aromatic nitrogens is 2. The average molecular weight is 295 g/mol. The topological polar surface area (TPSA) is 84.1 Å². The van der Waals surface area contributed by atoms with Crippen molar-refractivity contribution in [3.05, 3.63) is 16.8 Å². The molecule has 3 N–H and O–H groups in total. The molecule has 1 aromatic heterocycles. The molecule has 1 rings (SSSR count). The minimum absolute atomic E-state index is 0.0664. The van der Waals surface area contributed by atoms with E-state index in [0.29, 0.717) is 24.5 Å². The summed E-state index contributed by atoms with van der Waals surface area (Å²) in [5.74, 6) is 0.498. The van der Waals surface area contributed by atoms with Crippen molar-refractivity contribution in [3.8, 4) is 0 Å². The van der Waals surface area contributed by atoms with E-state index < -0.39 is 0 Å². The summed E-state index contributed by atoms with van der Waals surface area (Å²) >= 11 is 5.11. The van der Waals surface area contributed by atoms with Crippen LogP contribution in [-0.2, 0) is 4.79 Å². The predicted molar refractivity (Wildman–Crippen MR) is 84.0 cm³/mol. The Morgan fingerprint density at radius 3 is 2.50 bits per heavy atom. The van der Waals surface area contributed by atoms with Crippen LogP contribution < -0.4 is 16.0 Å². The first-order valence-corrected chi connectivity index (χ1v) is 6.98. The van der Waals surface area contributed by atoms with Crippen LogP contribution in [0.15, 0.2) is 0 Å². The Morgan fingerprint density at radius 1 is 1.35 bits per heavy atom. The molecule has 0 saturated heterocycles. The van der Waals surface area contributed by atoms with Gasteiger partial charge in [-0.1, -0.05) is 12.2 Å². The molecule has 1 amide bonds. The quantitative estimate of drug-likeness (QED) is 0.751. The minimum Gasteiger partial charge on any atom is -0.389 e. The van der Waals surface area contributed by atoms with Gasteiger partial charge in [-0.25, -0.2) is 0 Å². The normalized spacial score (nSPS) is 10.2. The highest BCUT2D eigenvalue weighted by atomic mass is 32.1. The number of hydrogen-bond donors (Lipinski definition) is 2. The van der Waals surface area contributed by atoms with Gasteiger partial charge in [-0.2, -0.15) is 5.10 Å². The fourth-order valence-electron chi connectivity index (χ4n) is 1.88. The fourth-order valence-corrected chi connectivity index (χ4v) is 2.12. The van der Waals surface area contributed by atoms with E-state index in [1.54, 1.807) is 0 Å². The molecular formula is C13H21N5OS. The zero-order chi connectivity index (χ0) is 15.3. The second kappa shape index (κ2) is 7.14. The molecule has 1 aromatic rings. The Morgan fingerprint density at radius 2 is 2.00 bits per heavy atom. The first kappa shape index (κ1) is 16.3. The molecule has 0 unspecified atom stereocenters. The molecule has 0 bridgehead atoms. The molecule has 6 nitrogen and oxygen atoms in total. The first-order chi connectivity index (χ1) is 9.42. The van der Waals surface area contributed by atoms with Crippen molar-refractivity contribution >= 4 is 28.9 Å². The van der Waals surface area contributed by atoms with Gasteiger partial charge in [0.2, 0.25) is 5.91 Å². The highest BCUT2D eigenvalue weighted by Gasteiger charge is 2.19. The number of thiocarbonyl (C=S) groups is 1. The largest absolute Gasteiger partial charge is 0.389 e. The van der Waals surface area contributed by atoms with Gasteiger partial charge in [0.1, 0.15) is 4.99 Å². The minimum atomic E-state index is -0.0664. The molecule has 0 saturated carbocycles. The maximum Gasteiger partial charge on any atom is 0.239 e. The number of nitrogens with zero attached hydrogens (tertiary/aromatic N) is 3. The number of nitrogens with one attached hydrogen (secondary N) is 1. The number of nitrogens with two attached hydrogens (primary N) is 1. The standard InChI is InChI=1S/C13H21N5OS/c1-5-15-10(19)7-18(6-2)13-11(12(14)20)8(3)9(4)16-17-13/h5-7H2,1-4H3,(H2,14,20)(H,15,19). The lowest BCUT2D eigenvalue weighted by Gasteiger charge is -2.24. The molecule has 0 atom stereocenters. The Labute approximate surface area is 124 Å². The first-order valence-electron chi connectivity index (χ1n) is 6.57. The molecule has 20 heavy (non-hydrogen) atoms. The molecule has 1 heterocycles. The zero-order valence-electron chi connectivity index (χ0n) is 12.4. The van der Waals surface area contributed by atoms with Gasteiger partial charge in [-0.15, -0.1) is 5.10 Å². The summed E-state index contributed by atoms with van der Waals surface area (Å²) in [6.45, 7) is 9.00. The van der Waals surface area contributed by atoms with Crippen molar-refractivity contribution in [1.82, 2.24) is 15.5 Å². The molecule has 110 valence electrons. The van der Waals surface area contributed by atoms with Crippen LogP contribution in [0.5, 0.6) is 0 Å². The van der Waals surface area contributed by atoms with Crippen molar-refractivity contribution < 1.29 is 4.79 Å². The molecule has 0 fully saturated rings. The maximum absolute atomic E-state index is 11.8. The van der Waals surface area contributed by atoms with E-state index >= 15 is 0 Å². The van der Waals surface area contributed by atoms with Gasteiger partial charge in [-0.3, -0.25) is 4.79 Å². The van der Waals surface area contributed by atoms with E-state index in [-0.39, 0.29) is 17.4 Å². The van der Waals surface area contributed by atoms with Crippen LogP contribution in [0, 0.1) is 13.8 Å². The van der Waals surface area contributed by atoms with Gasteiger partial charge >= 0.3 is 0 Å². The lowest BCUT2D eigenvalue weighted by molar-refractivity contribution is -0.119. The van der Waals surface area contributed by atoms with E-state index in [1.165, 1.54) is 0 Å².